The highest BCUT2D eigenvalue weighted by Gasteiger charge is 2.46. The number of para-hydroxylation sites is 1. The number of carboxylic acid groups (broad SMARTS) is 1. The second-order valence-corrected chi connectivity index (χ2v) is 13.9. The first kappa shape index (κ1) is 30.2. The molecule has 6 rings (SSSR count). The van der Waals surface area contributed by atoms with Crippen molar-refractivity contribution in [2.45, 2.75) is 38.8 Å². The third kappa shape index (κ3) is 6.63. The van der Waals surface area contributed by atoms with Gasteiger partial charge in [-0.05, 0) is 44.0 Å². The van der Waals surface area contributed by atoms with Crippen LogP contribution in [-0.2, 0) is 26.8 Å². The van der Waals surface area contributed by atoms with Gasteiger partial charge in [0.25, 0.3) is 5.91 Å². The van der Waals surface area contributed by atoms with Crippen molar-refractivity contribution in [3.05, 3.63) is 76.4 Å². The topological polar surface area (TPSA) is 146 Å². The molecule has 232 valence electrons. The lowest BCUT2D eigenvalue weighted by atomic mass is 10.1. The number of aromatic nitrogens is 2. The van der Waals surface area contributed by atoms with Gasteiger partial charge < -0.3 is 24.8 Å². The normalized spacial score (nSPS) is 17.5. The third-order valence-corrected chi connectivity index (χ3v) is 10.4. The van der Waals surface area contributed by atoms with E-state index in [0.29, 0.717) is 31.2 Å². The standard InChI is InChI=1S/C29H30F2N5O6PS/c1-17(27(38)39)35-43(40,42-19-5-3-2-4-6-19)41-16-29(8-9-29)15-32-28-34-22-7-10-36(14-25(22)44-28)26(37)24-13-20-21(31)11-18(30)12-23(20)33-24/h2-6,11-13,17,33H,7-10,14-16H2,1H3,(H,32,34)(H,35,40)(H,38,39). The third-order valence-electron chi connectivity index (χ3n) is 7.70. The van der Waals surface area contributed by atoms with Gasteiger partial charge in [0.2, 0.25) is 0 Å². The number of aromatic amines is 1. The zero-order valence-electron chi connectivity index (χ0n) is 23.6. The zero-order valence-corrected chi connectivity index (χ0v) is 25.4. The number of carbonyl (C=O) groups excluding carboxylic acids is 1. The molecule has 11 nitrogen and oxygen atoms in total. The molecule has 4 aromatic rings. The lowest BCUT2D eigenvalue weighted by Crippen LogP contribution is -2.35. The summed E-state index contributed by atoms with van der Waals surface area (Å²) in [5, 5.41) is 16.0. The molecule has 1 aliphatic heterocycles. The van der Waals surface area contributed by atoms with E-state index in [1.165, 1.54) is 24.3 Å². The van der Waals surface area contributed by atoms with Gasteiger partial charge in [0.05, 0.1) is 24.4 Å². The number of carbonyl (C=O) groups is 2. The molecule has 2 aromatic carbocycles. The van der Waals surface area contributed by atoms with E-state index in [4.69, 9.17) is 14.0 Å². The number of carboxylic acids is 1. The molecule has 15 heteroatoms. The number of hydrogen-bond donors (Lipinski definition) is 4. The van der Waals surface area contributed by atoms with Crippen LogP contribution in [0.5, 0.6) is 5.75 Å². The first-order valence-electron chi connectivity index (χ1n) is 14.0. The molecule has 1 fully saturated rings. The highest BCUT2D eigenvalue weighted by molar-refractivity contribution is 7.52. The molecule has 3 heterocycles. The molecule has 0 bridgehead atoms. The fourth-order valence-corrected chi connectivity index (χ4v) is 7.55. The number of rotatable bonds is 12. The minimum Gasteiger partial charge on any atom is -0.480 e. The minimum absolute atomic E-state index is 0.0752. The Kier molecular flexibility index (Phi) is 8.18. The molecule has 2 aliphatic rings. The van der Waals surface area contributed by atoms with E-state index in [1.807, 2.05) is 0 Å². The summed E-state index contributed by atoms with van der Waals surface area (Å²) in [4.78, 5) is 34.7. The van der Waals surface area contributed by atoms with Crippen molar-refractivity contribution >= 4 is 47.0 Å². The SMILES string of the molecule is CC(NP(=O)(OCC1(CNc2nc3c(s2)CN(C(=O)c2cc4c(F)cc(F)cc4[nH]2)CC3)CC1)Oc1ccccc1)C(=O)O. The largest absolute Gasteiger partial charge is 0.480 e. The van der Waals surface area contributed by atoms with E-state index < -0.39 is 31.4 Å². The molecule has 2 unspecified atom stereocenters. The highest BCUT2D eigenvalue weighted by Crippen LogP contribution is 2.52. The molecule has 0 spiro atoms. The number of anilines is 1. The Balaban J connectivity index is 1.07. The van der Waals surface area contributed by atoms with Crippen LogP contribution in [0.15, 0.2) is 48.5 Å². The maximum absolute atomic E-state index is 14.2. The summed E-state index contributed by atoms with van der Waals surface area (Å²) in [6.07, 6.45) is 2.16. The van der Waals surface area contributed by atoms with E-state index >= 15 is 0 Å². The van der Waals surface area contributed by atoms with Crippen molar-refractivity contribution in [3.8, 4) is 5.75 Å². The van der Waals surface area contributed by atoms with Crippen LogP contribution in [0.2, 0.25) is 0 Å². The Labute approximate surface area is 255 Å². The van der Waals surface area contributed by atoms with Crippen molar-refractivity contribution in [3.63, 3.8) is 0 Å². The quantitative estimate of drug-likeness (QED) is 0.146. The van der Waals surface area contributed by atoms with Crippen LogP contribution < -0.4 is 14.9 Å². The Morgan fingerprint density at radius 2 is 2.00 bits per heavy atom. The number of thiazole rings is 1. The predicted molar refractivity (Wildman–Crippen MR) is 160 cm³/mol. The fraction of sp³-hybridized carbons (Fsp3) is 0.345. The van der Waals surface area contributed by atoms with Crippen molar-refractivity contribution in [2.75, 3.05) is 25.0 Å². The summed E-state index contributed by atoms with van der Waals surface area (Å²) in [5.74, 6) is -2.66. The van der Waals surface area contributed by atoms with E-state index in [1.54, 1.807) is 35.2 Å². The predicted octanol–water partition coefficient (Wildman–Crippen LogP) is 5.56. The second-order valence-electron chi connectivity index (χ2n) is 11.1. The van der Waals surface area contributed by atoms with Gasteiger partial charge in [-0.2, -0.15) is 5.09 Å². The number of halogens is 2. The van der Waals surface area contributed by atoms with Crippen molar-refractivity contribution in [1.82, 2.24) is 20.0 Å². The zero-order chi connectivity index (χ0) is 31.1. The van der Waals surface area contributed by atoms with Crippen LogP contribution in [0, 0.1) is 17.0 Å². The number of nitrogens with zero attached hydrogens (tertiary/aromatic N) is 2. The maximum atomic E-state index is 14.2. The average Bonchev–Trinajstić information content (AvgIpc) is 3.43. The van der Waals surface area contributed by atoms with Gasteiger partial charge in [-0.1, -0.05) is 29.5 Å². The van der Waals surface area contributed by atoms with Gasteiger partial charge >= 0.3 is 13.7 Å². The lowest BCUT2D eigenvalue weighted by molar-refractivity contribution is -0.138. The fourth-order valence-electron chi connectivity index (χ4n) is 4.93. The van der Waals surface area contributed by atoms with Gasteiger partial charge in [-0.3, -0.25) is 14.1 Å². The number of nitrogens with one attached hydrogen (secondary N) is 3. The Hall–Kier alpha value is -3.84. The number of aliphatic carboxylic acids is 1. The summed E-state index contributed by atoms with van der Waals surface area (Å²) in [6, 6.07) is 10.6. The smallest absolute Gasteiger partial charge is 0.459 e. The first-order chi connectivity index (χ1) is 21.0. The molecule has 2 atom stereocenters. The first-order valence-corrected chi connectivity index (χ1v) is 16.4. The van der Waals surface area contributed by atoms with Crippen molar-refractivity contribution in [1.29, 1.82) is 0 Å². The van der Waals surface area contributed by atoms with E-state index in [2.05, 4.69) is 15.4 Å². The van der Waals surface area contributed by atoms with Crippen LogP contribution in [0.1, 0.15) is 40.8 Å². The second kappa shape index (κ2) is 11.9. The number of hydrogen-bond acceptors (Lipinski definition) is 8. The van der Waals surface area contributed by atoms with Gasteiger partial charge in [-0.15, -0.1) is 0 Å². The van der Waals surface area contributed by atoms with Gasteiger partial charge in [-0.25, -0.2) is 18.3 Å². The Morgan fingerprint density at radius 1 is 1.23 bits per heavy atom. The maximum Gasteiger partial charge on any atom is 0.459 e. The molecular formula is C29H30F2N5O6PS. The molecule has 1 amide bonds. The molecule has 0 radical (unpaired) electrons. The Morgan fingerprint density at radius 3 is 2.73 bits per heavy atom. The van der Waals surface area contributed by atoms with E-state index in [0.717, 1.165) is 35.5 Å². The number of benzene rings is 2. The van der Waals surface area contributed by atoms with Crippen LogP contribution >= 0.6 is 19.1 Å². The van der Waals surface area contributed by atoms with E-state index in [-0.39, 0.29) is 40.3 Å². The van der Waals surface area contributed by atoms with Crippen molar-refractivity contribution < 1.29 is 37.1 Å². The van der Waals surface area contributed by atoms with Crippen molar-refractivity contribution in [2.24, 2.45) is 5.41 Å². The number of amides is 1. The molecule has 1 saturated carbocycles. The monoisotopic (exact) mass is 645 g/mol. The summed E-state index contributed by atoms with van der Waals surface area (Å²) in [5.41, 5.74) is 0.968. The van der Waals surface area contributed by atoms with E-state index in [9.17, 15) is 28.0 Å². The average molecular weight is 646 g/mol. The van der Waals surface area contributed by atoms with Crippen LogP contribution in [0.25, 0.3) is 10.9 Å². The number of H-pyrrole nitrogens is 1. The van der Waals surface area contributed by atoms with Gasteiger partial charge in [0.15, 0.2) is 5.13 Å². The Bertz CT molecular complexity index is 1760. The lowest BCUT2D eigenvalue weighted by Gasteiger charge is -2.25. The van der Waals surface area contributed by atoms with Crippen LogP contribution in [-0.4, -0.2) is 57.6 Å². The molecule has 2 aromatic heterocycles. The summed E-state index contributed by atoms with van der Waals surface area (Å²) in [6.45, 7) is 2.69. The van der Waals surface area contributed by atoms with Gasteiger partial charge in [0.1, 0.15) is 29.1 Å². The summed E-state index contributed by atoms with van der Waals surface area (Å²) >= 11 is 1.43. The molecule has 1 aliphatic carbocycles. The molecule has 44 heavy (non-hydrogen) atoms. The number of fused-ring (bicyclic) bond motifs is 2. The van der Waals surface area contributed by atoms with Crippen LogP contribution in [0.4, 0.5) is 13.9 Å². The molecule has 4 N–H and O–H groups in total. The summed E-state index contributed by atoms with van der Waals surface area (Å²) in [7, 11) is -4.02. The minimum atomic E-state index is -4.02. The molecular weight excluding hydrogens is 615 g/mol. The molecule has 0 saturated heterocycles. The van der Waals surface area contributed by atoms with Gasteiger partial charge in [0, 0.05) is 41.3 Å². The highest BCUT2D eigenvalue weighted by atomic mass is 32.1. The summed E-state index contributed by atoms with van der Waals surface area (Å²) < 4.78 is 52.7. The van der Waals surface area contributed by atoms with Crippen LogP contribution in [0.3, 0.4) is 0 Å².